The van der Waals surface area contributed by atoms with Crippen molar-refractivity contribution in [2.24, 2.45) is 0 Å². The summed E-state index contributed by atoms with van der Waals surface area (Å²) in [5.74, 6) is -2.53. The number of para-hydroxylation sites is 1. The maximum atomic E-state index is 13.4. The highest BCUT2D eigenvalue weighted by atomic mass is 32.1. The zero-order valence-corrected chi connectivity index (χ0v) is 22.2. The standard InChI is InChI=1S/C24H31N3O3S.C2HF3O2/c1-3-4-15-27-18-11-7-6-10-17(18)21-19(24(27)29)20(30-2)22(31-21)23(28)25-12-16-26-13-8-5-9-14-26;3-2(4,5)1(6)7/h6-7,10-11H,3-5,8-9,12-16H2,1-2H3,(H,25,28);(H,6,7). The molecule has 0 bridgehead atoms. The van der Waals surface area contributed by atoms with Crippen LogP contribution in [0.1, 0.15) is 48.7 Å². The number of aryl methyl sites for hydroxylation is 1. The van der Waals surface area contributed by atoms with E-state index in [2.05, 4.69) is 17.1 Å². The van der Waals surface area contributed by atoms with Gasteiger partial charge in [0.1, 0.15) is 10.3 Å². The second-order valence-electron chi connectivity index (χ2n) is 8.96. The number of aliphatic carboxylic acids is 1. The first kappa shape index (κ1) is 29.4. The van der Waals surface area contributed by atoms with E-state index in [0.717, 1.165) is 48.1 Å². The van der Waals surface area contributed by atoms with Gasteiger partial charge in [-0.15, -0.1) is 11.3 Å². The number of ether oxygens (including phenoxy) is 1. The van der Waals surface area contributed by atoms with Crippen molar-refractivity contribution in [3.63, 3.8) is 0 Å². The number of rotatable bonds is 8. The van der Waals surface area contributed by atoms with Crippen molar-refractivity contribution in [2.75, 3.05) is 33.3 Å². The van der Waals surface area contributed by atoms with Gasteiger partial charge in [-0.3, -0.25) is 9.59 Å². The Kier molecular flexibility index (Phi) is 10.1. The van der Waals surface area contributed by atoms with E-state index in [9.17, 15) is 22.8 Å². The van der Waals surface area contributed by atoms with E-state index in [1.807, 2.05) is 28.8 Å². The topological polar surface area (TPSA) is 101 Å². The number of piperidine rings is 1. The summed E-state index contributed by atoms with van der Waals surface area (Å²) < 4.78 is 40.0. The Morgan fingerprint density at radius 3 is 2.39 bits per heavy atom. The minimum atomic E-state index is -5.08. The number of halogens is 3. The number of hydrogen-bond donors (Lipinski definition) is 2. The van der Waals surface area contributed by atoms with Crippen LogP contribution in [-0.4, -0.2) is 65.9 Å². The number of fused-ring (bicyclic) bond motifs is 3. The van der Waals surface area contributed by atoms with E-state index in [4.69, 9.17) is 14.6 Å². The molecule has 3 aromatic rings. The average molecular weight is 556 g/mol. The SMILES string of the molecule is CCCCn1c(=O)c2c(OC)c(C(=O)NCCN3CCCCC3)sc2c2ccccc21.O=C(O)C(F)(F)F. The first-order valence-electron chi connectivity index (χ1n) is 12.5. The van der Waals surface area contributed by atoms with Gasteiger partial charge in [-0.05, 0) is 38.4 Å². The molecule has 1 saturated heterocycles. The van der Waals surface area contributed by atoms with Crippen LogP contribution in [0.3, 0.4) is 0 Å². The summed E-state index contributed by atoms with van der Waals surface area (Å²) in [5.41, 5.74) is 0.831. The molecule has 1 fully saturated rings. The highest BCUT2D eigenvalue weighted by molar-refractivity contribution is 7.22. The van der Waals surface area contributed by atoms with Gasteiger partial charge < -0.3 is 24.6 Å². The van der Waals surface area contributed by atoms with Gasteiger partial charge in [0.25, 0.3) is 11.5 Å². The number of pyridine rings is 1. The molecule has 1 aliphatic rings. The highest BCUT2D eigenvalue weighted by Crippen LogP contribution is 2.39. The Morgan fingerprint density at radius 1 is 1.13 bits per heavy atom. The summed E-state index contributed by atoms with van der Waals surface area (Å²) >= 11 is 1.35. The Balaban J connectivity index is 0.000000505. The molecule has 208 valence electrons. The fraction of sp³-hybridized carbons (Fsp3) is 0.500. The molecule has 1 amide bonds. The van der Waals surface area contributed by atoms with Crippen molar-refractivity contribution in [2.45, 2.75) is 51.7 Å². The summed E-state index contributed by atoms with van der Waals surface area (Å²) in [5, 5.41) is 11.7. The van der Waals surface area contributed by atoms with Crippen LogP contribution in [0, 0.1) is 0 Å². The van der Waals surface area contributed by atoms with Gasteiger partial charge in [0, 0.05) is 25.0 Å². The van der Waals surface area contributed by atoms with Crippen LogP contribution in [-0.2, 0) is 11.3 Å². The normalized spacial score (nSPS) is 14.2. The molecular weight excluding hydrogens is 523 g/mol. The number of unbranched alkanes of at least 4 members (excludes halogenated alkanes) is 1. The molecule has 2 aromatic heterocycles. The minimum absolute atomic E-state index is 0.0809. The maximum Gasteiger partial charge on any atom is 0.490 e. The molecule has 0 aliphatic carbocycles. The zero-order chi connectivity index (χ0) is 27.9. The second-order valence-corrected chi connectivity index (χ2v) is 9.98. The summed E-state index contributed by atoms with van der Waals surface area (Å²) in [6, 6.07) is 7.93. The number of nitrogens with one attached hydrogen (secondary N) is 1. The van der Waals surface area contributed by atoms with Gasteiger partial charge in [-0.2, -0.15) is 13.2 Å². The molecule has 0 unspecified atom stereocenters. The number of aromatic nitrogens is 1. The fourth-order valence-corrected chi connectivity index (χ4v) is 5.63. The van der Waals surface area contributed by atoms with Crippen molar-refractivity contribution >= 4 is 44.2 Å². The third kappa shape index (κ3) is 6.84. The van der Waals surface area contributed by atoms with Crippen molar-refractivity contribution in [1.29, 1.82) is 0 Å². The van der Waals surface area contributed by atoms with Gasteiger partial charge in [0.2, 0.25) is 0 Å². The number of amides is 1. The number of carbonyl (C=O) groups is 2. The van der Waals surface area contributed by atoms with Crippen LogP contribution >= 0.6 is 11.3 Å². The third-order valence-corrected chi connectivity index (χ3v) is 7.52. The molecule has 0 radical (unpaired) electrons. The summed E-state index contributed by atoms with van der Waals surface area (Å²) in [6.07, 6.45) is 0.604. The molecule has 0 spiro atoms. The molecule has 2 N–H and O–H groups in total. The summed E-state index contributed by atoms with van der Waals surface area (Å²) in [4.78, 5) is 38.2. The lowest BCUT2D eigenvalue weighted by atomic mass is 10.1. The van der Waals surface area contributed by atoms with Crippen LogP contribution in [0.15, 0.2) is 29.1 Å². The first-order chi connectivity index (χ1) is 18.1. The summed E-state index contributed by atoms with van der Waals surface area (Å²) in [7, 11) is 1.54. The molecule has 0 atom stereocenters. The number of alkyl halides is 3. The predicted molar refractivity (Wildman–Crippen MR) is 141 cm³/mol. The maximum absolute atomic E-state index is 13.4. The molecular formula is C26H32F3N3O5S. The van der Waals surface area contributed by atoms with Crippen LogP contribution in [0.2, 0.25) is 0 Å². The number of carbonyl (C=O) groups excluding carboxylic acids is 1. The van der Waals surface area contributed by atoms with Crippen LogP contribution in [0.5, 0.6) is 5.75 Å². The summed E-state index contributed by atoms with van der Waals surface area (Å²) in [6.45, 7) is 6.42. The Hall–Kier alpha value is -3.12. The van der Waals surface area contributed by atoms with Crippen LogP contribution < -0.4 is 15.6 Å². The Morgan fingerprint density at radius 2 is 1.79 bits per heavy atom. The van der Waals surface area contributed by atoms with Gasteiger partial charge in [-0.25, -0.2) is 4.79 Å². The van der Waals surface area contributed by atoms with E-state index >= 15 is 0 Å². The quantitative estimate of drug-likeness (QED) is 0.411. The van der Waals surface area contributed by atoms with Gasteiger partial charge >= 0.3 is 12.1 Å². The lowest BCUT2D eigenvalue weighted by molar-refractivity contribution is -0.192. The van der Waals surface area contributed by atoms with Gasteiger partial charge in [0.05, 0.1) is 17.3 Å². The molecule has 3 heterocycles. The van der Waals surface area contributed by atoms with Crippen molar-refractivity contribution < 1.29 is 32.6 Å². The Bertz CT molecular complexity index is 1330. The molecule has 1 aliphatic heterocycles. The monoisotopic (exact) mass is 555 g/mol. The number of benzene rings is 1. The average Bonchev–Trinajstić information content (AvgIpc) is 3.29. The van der Waals surface area contributed by atoms with E-state index in [-0.39, 0.29) is 11.5 Å². The molecule has 0 saturated carbocycles. The zero-order valence-electron chi connectivity index (χ0n) is 21.4. The first-order valence-corrected chi connectivity index (χ1v) is 13.3. The second kappa shape index (κ2) is 13.1. The molecule has 1 aromatic carbocycles. The molecule has 38 heavy (non-hydrogen) atoms. The number of likely N-dealkylation sites (tertiary alicyclic amines) is 1. The number of methoxy groups -OCH3 is 1. The van der Waals surface area contributed by atoms with Crippen LogP contribution in [0.4, 0.5) is 13.2 Å². The van der Waals surface area contributed by atoms with E-state index in [1.165, 1.54) is 37.7 Å². The number of carboxylic acids is 1. The predicted octanol–water partition coefficient (Wildman–Crippen LogP) is 4.87. The van der Waals surface area contributed by atoms with E-state index in [1.54, 1.807) is 0 Å². The largest absolute Gasteiger partial charge is 0.494 e. The van der Waals surface area contributed by atoms with Crippen molar-refractivity contribution in [1.82, 2.24) is 14.8 Å². The van der Waals surface area contributed by atoms with Crippen LogP contribution in [0.25, 0.3) is 21.0 Å². The van der Waals surface area contributed by atoms with Crippen molar-refractivity contribution in [3.05, 3.63) is 39.5 Å². The fourth-order valence-electron chi connectivity index (χ4n) is 4.42. The third-order valence-electron chi connectivity index (χ3n) is 6.31. The van der Waals surface area contributed by atoms with E-state index in [0.29, 0.717) is 29.1 Å². The highest BCUT2D eigenvalue weighted by Gasteiger charge is 2.38. The Labute approximate surface area is 222 Å². The smallest absolute Gasteiger partial charge is 0.490 e. The molecule has 8 nitrogen and oxygen atoms in total. The number of nitrogens with zero attached hydrogens (tertiary/aromatic N) is 2. The lowest BCUT2D eigenvalue weighted by Crippen LogP contribution is -2.37. The minimum Gasteiger partial charge on any atom is -0.494 e. The van der Waals surface area contributed by atoms with E-state index < -0.39 is 12.1 Å². The lowest BCUT2D eigenvalue weighted by Gasteiger charge is -2.26. The van der Waals surface area contributed by atoms with Gasteiger partial charge in [0.15, 0.2) is 5.75 Å². The van der Waals surface area contributed by atoms with Crippen molar-refractivity contribution in [3.8, 4) is 5.75 Å². The molecule has 12 heteroatoms. The molecule has 4 rings (SSSR count). The number of carboxylic acid groups (broad SMARTS) is 1. The number of hydrogen-bond acceptors (Lipinski definition) is 6. The van der Waals surface area contributed by atoms with Gasteiger partial charge in [-0.1, -0.05) is 38.0 Å². The number of thiophene rings is 1.